The van der Waals surface area contributed by atoms with Crippen LogP contribution in [-0.2, 0) is 0 Å². The molecule has 0 aliphatic heterocycles. The van der Waals surface area contributed by atoms with Crippen molar-refractivity contribution in [2.24, 2.45) is 15.3 Å². The van der Waals surface area contributed by atoms with Gasteiger partial charge in [-0.3, -0.25) is 4.79 Å². The first kappa shape index (κ1) is 19.8. The van der Waals surface area contributed by atoms with Crippen LogP contribution in [0.2, 0.25) is 0 Å². The van der Waals surface area contributed by atoms with Crippen molar-refractivity contribution < 1.29 is 15.0 Å². The van der Waals surface area contributed by atoms with Crippen molar-refractivity contribution in [2.45, 2.75) is 0 Å². The van der Waals surface area contributed by atoms with E-state index in [-0.39, 0.29) is 17.1 Å². The SMILES string of the molecule is O=C(N/N=C/c1cc(N=Nc2ccccc2)ccc1O)c1cc2ccccc2cc1O. The lowest BCUT2D eigenvalue weighted by Crippen LogP contribution is -2.17. The Kier molecular flexibility index (Phi) is 5.66. The number of amides is 1. The van der Waals surface area contributed by atoms with Gasteiger partial charge in [-0.15, -0.1) is 0 Å². The number of hydrogen-bond donors (Lipinski definition) is 3. The number of hydrazone groups is 1. The zero-order valence-electron chi connectivity index (χ0n) is 16.3. The summed E-state index contributed by atoms with van der Waals surface area (Å²) in [5.74, 6) is -0.735. The Morgan fingerprint density at radius 1 is 0.742 bits per heavy atom. The number of aromatic hydroxyl groups is 2. The number of phenols is 2. The molecule has 0 atom stereocenters. The zero-order chi connectivity index (χ0) is 21.6. The highest BCUT2D eigenvalue weighted by atomic mass is 16.3. The van der Waals surface area contributed by atoms with Gasteiger partial charge < -0.3 is 10.2 Å². The average Bonchev–Trinajstić information content (AvgIpc) is 2.79. The first-order valence-electron chi connectivity index (χ1n) is 9.45. The van der Waals surface area contributed by atoms with E-state index in [1.165, 1.54) is 18.3 Å². The predicted octanol–water partition coefficient (Wildman–Crippen LogP) is 5.43. The standard InChI is InChI=1S/C24H18N4O3/c29-22-11-10-20(27-26-19-8-2-1-3-9-19)12-18(22)15-25-28-24(31)21-13-16-6-4-5-7-17(16)14-23(21)30/h1-15,29-30H,(H,28,31)/b25-15+,27-26?. The van der Waals surface area contributed by atoms with E-state index in [2.05, 4.69) is 20.8 Å². The van der Waals surface area contributed by atoms with Crippen molar-refractivity contribution in [1.82, 2.24) is 5.43 Å². The van der Waals surface area contributed by atoms with Crippen molar-refractivity contribution in [3.63, 3.8) is 0 Å². The van der Waals surface area contributed by atoms with Crippen LogP contribution in [0.25, 0.3) is 10.8 Å². The summed E-state index contributed by atoms with van der Waals surface area (Å²) in [6.07, 6.45) is 1.30. The van der Waals surface area contributed by atoms with Crippen molar-refractivity contribution in [1.29, 1.82) is 0 Å². The minimum Gasteiger partial charge on any atom is -0.507 e. The number of carbonyl (C=O) groups is 1. The summed E-state index contributed by atoms with van der Waals surface area (Å²) >= 11 is 0. The Bertz CT molecular complexity index is 1300. The summed E-state index contributed by atoms with van der Waals surface area (Å²) in [6.45, 7) is 0. The molecule has 1 amide bonds. The van der Waals surface area contributed by atoms with Crippen LogP contribution in [0.5, 0.6) is 11.5 Å². The number of fused-ring (bicyclic) bond motifs is 1. The second-order valence-electron chi connectivity index (χ2n) is 6.69. The van der Waals surface area contributed by atoms with Crippen molar-refractivity contribution >= 4 is 34.3 Å². The Balaban J connectivity index is 1.49. The monoisotopic (exact) mass is 410 g/mol. The van der Waals surface area contributed by atoms with E-state index >= 15 is 0 Å². The van der Waals surface area contributed by atoms with E-state index in [1.54, 1.807) is 18.2 Å². The lowest BCUT2D eigenvalue weighted by Gasteiger charge is -2.06. The Labute approximate surface area is 178 Å². The van der Waals surface area contributed by atoms with Gasteiger partial charge in [-0.1, -0.05) is 42.5 Å². The summed E-state index contributed by atoms with van der Waals surface area (Å²) in [4.78, 5) is 12.4. The van der Waals surface area contributed by atoms with Gasteiger partial charge in [-0.25, -0.2) is 5.43 Å². The van der Waals surface area contributed by atoms with Crippen molar-refractivity contribution in [3.05, 3.63) is 96.1 Å². The van der Waals surface area contributed by atoms with Gasteiger partial charge in [0, 0.05) is 5.56 Å². The molecular formula is C24H18N4O3. The first-order valence-corrected chi connectivity index (χ1v) is 9.45. The van der Waals surface area contributed by atoms with Crippen LogP contribution in [0.15, 0.2) is 100 Å². The summed E-state index contributed by atoms with van der Waals surface area (Å²) in [7, 11) is 0. The summed E-state index contributed by atoms with van der Waals surface area (Å²) in [5.41, 5.74) is 4.04. The number of benzene rings is 4. The first-order chi connectivity index (χ1) is 15.1. The topological polar surface area (TPSA) is 107 Å². The predicted molar refractivity (Wildman–Crippen MR) is 119 cm³/mol. The van der Waals surface area contributed by atoms with E-state index in [4.69, 9.17) is 0 Å². The van der Waals surface area contributed by atoms with E-state index in [0.29, 0.717) is 16.9 Å². The molecular weight excluding hydrogens is 392 g/mol. The van der Waals surface area contributed by atoms with Gasteiger partial charge in [-0.2, -0.15) is 15.3 Å². The molecule has 0 aliphatic carbocycles. The number of nitrogens with one attached hydrogen (secondary N) is 1. The third-order valence-electron chi connectivity index (χ3n) is 4.53. The molecule has 0 spiro atoms. The molecule has 0 unspecified atom stereocenters. The van der Waals surface area contributed by atoms with Gasteiger partial charge in [0.05, 0.1) is 23.2 Å². The zero-order valence-corrected chi connectivity index (χ0v) is 16.3. The number of azo groups is 1. The van der Waals surface area contributed by atoms with Gasteiger partial charge in [0.25, 0.3) is 5.91 Å². The quantitative estimate of drug-likeness (QED) is 0.232. The highest BCUT2D eigenvalue weighted by molar-refractivity contribution is 6.01. The maximum absolute atomic E-state index is 12.4. The molecule has 0 radical (unpaired) electrons. The van der Waals surface area contributed by atoms with Crippen LogP contribution in [0, 0.1) is 0 Å². The van der Waals surface area contributed by atoms with E-state index in [0.717, 1.165) is 10.8 Å². The minimum atomic E-state index is -0.570. The normalized spacial score (nSPS) is 11.4. The molecule has 7 nitrogen and oxygen atoms in total. The van der Waals surface area contributed by atoms with Crippen LogP contribution in [0.3, 0.4) is 0 Å². The second kappa shape index (κ2) is 8.87. The van der Waals surface area contributed by atoms with Crippen LogP contribution in [0.1, 0.15) is 15.9 Å². The van der Waals surface area contributed by atoms with Gasteiger partial charge in [0.2, 0.25) is 0 Å². The van der Waals surface area contributed by atoms with E-state index < -0.39 is 5.91 Å². The fourth-order valence-corrected chi connectivity index (χ4v) is 2.95. The van der Waals surface area contributed by atoms with Crippen LogP contribution in [-0.4, -0.2) is 22.3 Å². The van der Waals surface area contributed by atoms with Crippen LogP contribution >= 0.6 is 0 Å². The summed E-state index contributed by atoms with van der Waals surface area (Å²) < 4.78 is 0. The molecule has 0 heterocycles. The molecule has 0 saturated carbocycles. The molecule has 0 aromatic heterocycles. The molecule has 152 valence electrons. The summed E-state index contributed by atoms with van der Waals surface area (Å²) in [6, 6.07) is 24.5. The highest BCUT2D eigenvalue weighted by Crippen LogP contribution is 2.26. The maximum Gasteiger partial charge on any atom is 0.275 e. The average molecular weight is 410 g/mol. The molecule has 0 aliphatic rings. The number of nitrogens with zero attached hydrogens (tertiary/aromatic N) is 3. The molecule has 3 N–H and O–H groups in total. The maximum atomic E-state index is 12.4. The third kappa shape index (κ3) is 4.73. The number of hydrogen-bond acceptors (Lipinski definition) is 6. The molecule has 0 fully saturated rings. The van der Waals surface area contributed by atoms with Crippen molar-refractivity contribution in [2.75, 3.05) is 0 Å². The Morgan fingerprint density at radius 2 is 1.42 bits per heavy atom. The fraction of sp³-hybridized carbons (Fsp3) is 0. The fourth-order valence-electron chi connectivity index (χ4n) is 2.95. The van der Waals surface area contributed by atoms with E-state index in [9.17, 15) is 15.0 Å². The number of carbonyl (C=O) groups excluding carboxylic acids is 1. The van der Waals surface area contributed by atoms with Gasteiger partial charge in [0.1, 0.15) is 11.5 Å². The lowest BCUT2D eigenvalue weighted by atomic mass is 10.1. The molecule has 4 rings (SSSR count). The third-order valence-corrected chi connectivity index (χ3v) is 4.53. The van der Waals surface area contributed by atoms with Gasteiger partial charge in [0.15, 0.2) is 0 Å². The molecule has 7 heteroatoms. The highest BCUT2D eigenvalue weighted by Gasteiger charge is 2.12. The minimum absolute atomic E-state index is 0.0230. The Hall–Kier alpha value is -4.52. The molecule has 0 bridgehead atoms. The summed E-state index contributed by atoms with van der Waals surface area (Å²) in [5, 5.41) is 34.0. The molecule has 0 saturated heterocycles. The lowest BCUT2D eigenvalue weighted by molar-refractivity contribution is 0.0952. The van der Waals surface area contributed by atoms with E-state index in [1.807, 2.05) is 54.6 Å². The van der Waals surface area contributed by atoms with Gasteiger partial charge in [-0.05, 0) is 53.2 Å². The largest absolute Gasteiger partial charge is 0.507 e. The van der Waals surface area contributed by atoms with Crippen LogP contribution in [0.4, 0.5) is 11.4 Å². The molecule has 4 aromatic rings. The van der Waals surface area contributed by atoms with Gasteiger partial charge >= 0.3 is 0 Å². The molecule has 4 aromatic carbocycles. The second-order valence-corrected chi connectivity index (χ2v) is 6.69. The molecule has 31 heavy (non-hydrogen) atoms. The smallest absolute Gasteiger partial charge is 0.275 e. The van der Waals surface area contributed by atoms with Crippen molar-refractivity contribution in [3.8, 4) is 11.5 Å². The number of phenolic OH excluding ortho intramolecular Hbond substituents is 2. The van der Waals surface area contributed by atoms with Crippen LogP contribution < -0.4 is 5.43 Å². The Morgan fingerprint density at radius 3 is 2.19 bits per heavy atom. The number of rotatable bonds is 5.